The topological polar surface area (TPSA) is 70.4 Å². The molecule has 0 saturated carbocycles. The Morgan fingerprint density at radius 2 is 2.15 bits per heavy atom. The van der Waals surface area contributed by atoms with E-state index in [9.17, 15) is 10.0 Å². The SMILES string of the molecule is O=C1[C@@H](NCl)Cc2c(cnn2Cc2ccccc2)N1O. The van der Waals surface area contributed by atoms with Crippen LogP contribution < -0.4 is 9.90 Å². The number of anilines is 1. The molecule has 1 aromatic carbocycles. The Morgan fingerprint density at radius 1 is 1.40 bits per heavy atom. The molecule has 1 atom stereocenters. The van der Waals surface area contributed by atoms with Crippen molar-refractivity contribution < 1.29 is 10.0 Å². The van der Waals surface area contributed by atoms with Gasteiger partial charge >= 0.3 is 0 Å². The van der Waals surface area contributed by atoms with E-state index >= 15 is 0 Å². The summed E-state index contributed by atoms with van der Waals surface area (Å²) in [6, 6.07) is 9.20. The van der Waals surface area contributed by atoms with Crippen LogP contribution in [0.3, 0.4) is 0 Å². The number of carbonyl (C=O) groups excluding carboxylic acids is 1. The summed E-state index contributed by atoms with van der Waals surface area (Å²) in [6.07, 6.45) is 1.88. The Morgan fingerprint density at radius 3 is 2.85 bits per heavy atom. The van der Waals surface area contributed by atoms with Gasteiger partial charge in [-0.2, -0.15) is 10.2 Å². The van der Waals surface area contributed by atoms with E-state index in [0.717, 1.165) is 11.3 Å². The molecule has 0 radical (unpaired) electrons. The van der Waals surface area contributed by atoms with E-state index in [0.29, 0.717) is 23.7 Å². The van der Waals surface area contributed by atoms with Crippen LogP contribution in [0.2, 0.25) is 0 Å². The van der Waals surface area contributed by atoms with Crippen molar-refractivity contribution in [2.75, 3.05) is 5.06 Å². The number of benzene rings is 1. The summed E-state index contributed by atoms with van der Waals surface area (Å²) >= 11 is 5.55. The van der Waals surface area contributed by atoms with Gasteiger partial charge in [0.15, 0.2) is 0 Å². The second-order valence-electron chi connectivity index (χ2n) is 4.64. The van der Waals surface area contributed by atoms with Crippen LogP contribution in [0.15, 0.2) is 36.5 Å². The molecule has 104 valence electrons. The minimum absolute atomic E-state index is 0.390. The minimum atomic E-state index is -0.652. The quantitative estimate of drug-likeness (QED) is 0.661. The van der Waals surface area contributed by atoms with E-state index in [1.165, 1.54) is 6.20 Å². The average molecular weight is 293 g/mol. The molecule has 1 amide bonds. The van der Waals surface area contributed by atoms with Gasteiger partial charge in [-0.3, -0.25) is 14.7 Å². The van der Waals surface area contributed by atoms with Crippen molar-refractivity contribution in [2.24, 2.45) is 0 Å². The van der Waals surface area contributed by atoms with Crippen LogP contribution in [0.25, 0.3) is 0 Å². The van der Waals surface area contributed by atoms with Crippen molar-refractivity contribution in [3.8, 4) is 0 Å². The first-order chi connectivity index (χ1) is 9.70. The van der Waals surface area contributed by atoms with Gasteiger partial charge in [0, 0.05) is 6.42 Å². The number of hydrogen-bond donors (Lipinski definition) is 2. The summed E-state index contributed by atoms with van der Waals surface area (Å²) in [7, 11) is 0. The number of hydrogen-bond acceptors (Lipinski definition) is 4. The lowest BCUT2D eigenvalue weighted by molar-refractivity contribution is -0.125. The van der Waals surface area contributed by atoms with Crippen LogP contribution >= 0.6 is 11.8 Å². The second kappa shape index (κ2) is 5.24. The molecule has 0 fully saturated rings. The number of amides is 1. The van der Waals surface area contributed by atoms with Gasteiger partial charge in [0.1, 0.15) is 11.7 Å². The highest BCUT2D eigenvalue weighted by molar-refractivity contribution is 6.16. The summed E-state index contributed by atoms with van der Waals surface area (Å²) in [6.45, 7) is 0.577. The van der Waals surface area contributed by atoms with Crippen molar-refractivity contribution >= 4 is 23.4 Å². The molecule has 1 aliphatic heterocycles. The smallest absolute Gasteiger partial charge is 0.269 e. The van der Waals surface area contributed by atoms with Gasteiger partial charge in [0.05, 0.1) is 18.4 Å². The number of fused-ring (bicyclic) bond motifs is 1. The number of hydroxylamine groups is 1. The lowest BCUT2D eigenvalue weighted by Crippen LogP contribution is -2.47. The van der Waals surface area contributed by atoms with Gasteiger partial charge in [-0.1, -0.05) is 30.3 Å². The molecule has 20 heavy (non-hydrogen) atoms. The predicted molar refractivity (Wildman–Crippen MR) is 73.5 cm³/mol. The zero-order valence-corrected chi connectivity index (χ0v) is 11.3. The van der Waals surface area contributed by atoms with E-state index in [2.05, 4.69) is 9.93 Å². The van der Waals surface area contributed by atoms with E-state index in [1.54, 1.807) is 4.68 Å². The fourth-order valence-corrected chi connectivity index (χ4v) is 2.48. The fraction of sp³-hybridized carbons (Fsp3) is 0.231. The van der Waals surface area contributed by atoms with Crippen molar-refractivity contribution in [1.82, 2.24) is 14.6 Å². The molecule has 2 heterocycles. The number of nitrogens with one attached hydrogen (secondary N) is 1. The van der Waals surface area contributed by atoms with Gasteiger partial charge in [-0.25, -0.2) is 4.84 Å². The molecule has 0 saturated heterocycles. The van der Waals surface area contributed by atoms with Crippen molar-refractivity contribution in [3.05, 3.63) is 47.8 Å². The molecule has 7 heteroatoms. The zero-order chi connectivity index (χ0) is 14.1. The summed E-state index contributed by atoms with van der Waals surface area (Å²) < 4.78 is 1.77. The van der Waals surface area contributed by atoms with Crippen LogP contribution in [0.4, 0.5) is 5.69 Å². The van der Waals surface area contributed by atoms with Crippen LogP contribution in [0.5, 0.6) is 0 Å². The van der Waals surface area contributed by atoms with Crippen LogP contribution in [-0.2, 0) is 17.8 Å². The molecule has 2 aromatic rings. The molecule has 0 aliphatic carbocycles. The Labute approximate surface area is 120 Å². The van der Waals surface area contributed by atoms with Crippen LogP contribution in [0.1, 0.15) is 11.3 Å². The lowest BCUT2D eigenvalue weighted by atomic mass is 10.1. The monoisotopic (exact) mass is 292 g/mol. The van der Waals surface area contributed by atoms with E-state index in [1.807, 2.05) is 30.3 Å². The molecule has 0 spiro atoms. The standard InChI is InChI=1S/C13H13ClN4O2/c14-16-10-6-11-12(18(20)13(10)19)7-15-17(11)8-9-4-2-1-3-5-9/h1-5,7,10,16,20H,6,8H2/t10-/m0/s1. The first kappa shape index (κ1) is 13.1. The van der Waals surface area contributed by atoms with Crippen molar-refractivity contribution in [2.45, 2.75) is 19.0 Å². The van der Waals surface area contributed by atoms with Crippen molar-refractivity contribution in [3.63, 3.8) is 0 Å². The maximum atomic E-state index is 11.8. The first-order valence-corrected chi connectivity index (χ1v) is 6.56. The molecular formula is C13H13ClN4O2. The summed E-state index contributed by atoms with van der Waals surface area (Å²) in [5.74, 6) is -0.480. The summed E-state index contributed by atoms with van der Waals surface area (Å²) in [5.41, 5.74) is 2.28. The Bertz CT molecular complexity index is 629. The van der Waals surface area contributed by atoms with E-state index < -0.39 is 11.9 Å². The maximum Gasteiger partial charge on any atom is 0.269 e. The van der Waals surface area contributed by atoms with E-state index in [-0.39, 0.29) is 0 Å². The third kappa shape index (κ3) is 2.18. The third-order valence-electron chi connectivity index (χ3n) is 3.37. The molecule has 0 unspecified atom stereocenters. The predicted octanol–water partition coefficient (Wildman–Crippen LogP) is 1.32. The van der Waals surface area contributed by atoms with Crippen LogP contribution in [0, 0.1) is 0 Å². The minimum Gasteiger partial charge on any atom is -0.281 e. The highest BCUT2D eigenvalue weighted by Crippen LogP contribution is 2.27. The molecule has 0 bridgehead atoms. The number of aromatic nitrogens is 2. The molecule has 2 N–H and O–H groups in total. The van der Waals surface area contributed by atoms with Crippen molar-refractivity contribution in [1.29, 1.82) is 0 Å². The highest BCUT2D eigenvalue weighted by atomic mass is 35.5. The lowest BCUT2D eigenvalue weighted by Gasteiger charge is -2.26. The largest absolute Gasteiger partial charge is 0.281 e. The Balaban J connectivity index is 1.93. The number of nitrogens with zero attached hydrogens (tertiary/aromatic N) is 3. The Hall–Kier alpha value is -1.89. The molecule has 6 nitrogen and oxygen atoms in total. The third-order valence-corrected chi connectivity index (χ3v) is 3.63. The van der Waals surface area contributed by atoms with Gasteiger partial charge in [0.2, 0.25) is 0 Å². The molecule has 1 aliphatic rings. The average Bonchev–Trinajstić information content (AvgIpc) is 2.87. The maximum absolute atomic E-state index is 11.8. The molecular weight excluding hydrogens is 280 g/mol. The fourth-order valence-electron chi connectivity index (χ4n) is 2.31. The van der Waals surface area contributed by atoms with E-state index in [4.69, 9.17) is 11.8 Å². The zero-order valence-electron chi connectivity index (χ0n) is 10.5. The van der Waals surface area contributed by atoms with Gasteiger partial charge in [0.25, 0.3) is 5.91 Å². The van der Waals surface area contributed by atoms with Gasteiger partial charge in [-0.05, 0) is 17.3 Å². The van der Waals surface area contributed by atoms with Crippen LogP contribution in [-0.4, -0.2) is 26.9 Å². The first-order valence-electron chi connectivity index (χ1n) is 6.18. The number of carbonyl (C=O) groups is 1. The summed E-state index contributed by atoms with van der Waals surface area (Å²) in [4.78, 5) is 14.2. The highest BCUT2D eigenvalue weighted by Gasteiger charge is 2.34. The number of halogens is 1. The normalized spacial score (nSPS) is 18.2. The second-order valence-corrected chi connectivity index (χ2v) is 4.85. The van der Waals surface area contributed by atoms with Gasteiger partial charge in [-0.15, -0.1) is 0 Å². The Kier molecular flexibility index (Phi) is 3.43. The summed E-state index contributed by atoms with van der Waals surface area (Å²) in [5, 5.41) is 14.7. The van der Waals surface area contributed by atoms with Gasteiger partial charge < -0.3 is 0 Å². The molecule has 3 rings (SSSR count). The number of rotatable bonds is 3. The molecule has 1 aromatic heterocycles.